The van der Waals surface area contributed by atoms with E-state index in [4.69, 9.17) is 4.74 Å². The summed E-state index contributed by atoms with van der Waals surface area (Å²) in [5.74, 6) is 0.522. The summed E-state index contributed by atoms with van der Waals surface area (Å²) < 4.78 is 32.5. The van der Waals surface area contributed by atoms with Crippen LogP contribution in [0.1, 0.15) is 26.2 Å². The van der Waals surface area contributed by atoms with Gasteiger partial charge in [-0.05, 0) is 62.2 Å². The third-order valence-corrected chi connectivity index (χ3v) is 6.58. The summed E-state index contributed by atoms with van der Waals surface area (Å²) in [6.07, 6.45) is 2.85. The van der Waals surface area contributed by atoms with Crippen LogP contribution in [0, 0.1) is 0 Å². The minimum absolute atomic E-state index is 0.0282. The van der Waals surface area contributed by atoms with Gasteiger partial charge in [0.25, 0.3) is 0 Å². The Labute approximate surface area is 172 Å². The molecule has 0 bridgehead atoms. The molecule has 0 saturated carbocycles. The van der Waals surface area contributed by atoms with Gasteiger partial charge in [-0.1, -0.05) is 12.5 Å². The number of nitrogens with zero attached hydrogens (tertiary/aromatic N) is 1. The highest BCUT2D eigenvalue weighted by Crippen LogP contribution is 2.23. The summed E-state index contributed by atoms with van der Waals surface area (Å²) in [7, 11) is -3.50. The number of amides is 1. The molecule has 2 aromatic carbocycles. The Morgan fingerprint density at radius 2 is 1.76 bits per heavy atom. The van der Waals surface area contributed by atoms with Gasteiger partial charge in [0, 0.05) is 24.5 Å². The third kappa shape index (κ3) is 5.71. The van der Waals surface area contributed by atoms with Crippen LogP contribution in [0.3, 0.4) is 0 Å². The number of anilines is 2. The van der Waals surface area contributed by atoms with Gasteiger partial charge in [-0.2, -0.15) is 4.31 Å². The Bertz CT molecular complexity index is 923. The predicted octanol–water partition coefficient (Wildman–Crippen LogP) is 3.31. The highest BCUT2D eigenvalue weighted by atomic mass is 32.2. The summed E-state index contributed by atoms with van der Waals surface area (Å²) in [6, 6.07) is 13.7. The van der Waals surface area contributed by atoms with E-state index >= 15 is 0 Å². The number of carbonyl (C=O) groups is 1. The average Bonchev–Trinajstić information content (AvgIpc) is 2.75. The minimum Gasteiger partial charge on any atom is -0.494 e. The van der Waals surface area contributed by atoms with Crippen molar-refractivity contribution in [1.82, 2.24) is 4.31 Å². The molecule has 8 heteroatoms. The summed E-state index contributed by atoms with van der Waals surface area (Å²) >= 11 is 0. The van der Waals surface area contributed by atoms with Gasteiger partial charge >= 0.3 is 0 Å². The van der Waals surface area contributed by atoms with Crippen LogP contribution >= 0.6 is 0 Å². The molecule has 0 radical (unpaired) electrons. The number of rotatable bonds is 8. The van der Waals surface area contributed by atoms with E-state index in [0.29, 0.717) is 31.1 Å². The Hall–Kier alpha value is -2.58. The molecule has 0 aliphatic carbocycles. The number of sulfonamides is 1. The highest BCUT2D eigenvalue weighted by molar-refractivity contribution is 7.89. The van der Waals surface area contributed by atoms with E-state index in [2.05, 4.69) is 10.6 Å². The Balaban J connectivity index is 1.58. The normalized spacial score (nSPS) is 14.9. The molecule has 156 valence electrons. The van der Waals surface area contributed by atoms with Crippen molar-refractivity contribution in [3.63, 3.8) is 0 Å². The first-order valence-electron chi connectivity index (χ1n) is 9.86. The molecule has 1 fully saturated rings. The molecule has 1 amide bonds. The van der Waals surface area contributed by atoms with Crippen molar-refractivity contribution in [3.8, 4) is 5.75 Å². The molecular weight excluding hydrogens is 390 g/mol. The Morgan fingerprint density at radius 3 is 2.45 bits per heavy atom. The second-order valence-electron chi connectivity index (χ2n) is 6.85. The molecule has 0 aromatic heterocycles. The number of carbonyl (C=O) groups excluding carboxylic acids is 1. The van der Waals surface area contributed by atoms with Crippen molar-refractivity contribution in [1.29, 1.82) is 0 Å². The maximum absolute atomic E-state index is 12.8. The van der Waals surface area contributed by atoms with Gasteiger partial charge in [0.2, 0.25) is 15.9 Å². The first kappa shape index (κ1) is 21.1. The summed E-state index contributed by atoms with van der Waals surface area (Å²) in [5, 5.41) is 5.79. The van der Waals surface area contributed by atoms with Crippen LogP contribution in [-0.4, -0.2) is 44.9 Å². The van der Waals surface area contributed by atoms with E-state index in [1.165, 1.54) is 4.31 Å². The van der Waals surface area contributed by atoms with Gasteiger partial charge in [-0.25, -0.2) is 8.42 Å². The first-order valence-corrected chi connectivity index (χ1v) is 11.3. The zero-order chi connectivity index (χ0) is 20.7. The van der Waals surface area contributed by atoms with Crippen LogP contribution < -0.4 is 15.4 Å². The molecule has 0 spiro atoms. The molecule has 2 aromatic rings. The lowest BCUT2D eigenvalue weighted by molar-refractivity contribution is -0.114. The number of hydrogen-bond acceptors (Lipinski definition) is 5. The van der Waals surface area contributed by atoms with Crippen molar-refractivity contribution in [3.05, 3.63) is 48.5 Å². The highest BCUT2D eigenvalue weighted by Gasteiger charge is 2.25. The van der Waals surface area contributed by atoms with Crippen molar-refractivity contribution in [2.24, 2.45) is 0 Å². The monoisotopic (exact) mass is 417 g/mol. The van der Waals surface area contributed by atoms with Gasteiger partial charge in [-0.3, -0.25) is 4.79 Å². The lowest BCUT2D eigenvalue weighted by atomic mass is 10.2. The predicted molar refractivity (Wildman–Crippen MR) is 114 cm³/mol. The molecule has 29 heavy (non-hydrogen) atoms. The van der Waals surface area contributed by atoms with Crippen LogP contribution in [-0.2, 0) is 14.8 Å². The molecule has 1 aliphatic heterocycles. The Kier molecular flexibility index (Phi) is 7.11. The van der Waals surface area contributed by atoms with Crippen LogP contribution in [0.5, 0.6) is 5.75 Å². The number of hydrogen-bond donors (Lipinski definition) is 2. The molecule has 2 N–H and O–H groups in total. The quantitative estimate of drug-likeness (QED) is 0.688. The number of nitrogens with one attached hydrogen (secondary N) is 2. The topological polar surface area (TPSA) is 87.7 Å². The summed E-state index contributed by atoms with van der Waals surface area (Å²) in [6.45, 7) is 3.64. The molecule has 3 rings (SSSR count). The van der Waals surface area contributed by atoms with E-state index in [0.717, 1.165) is 25.0 Å². The zero-order valence-electron chi connectivity index (χ0n) is 16.6. The molecular formula is C21H27N3O4S. The maximum atomic E-state index is 12.8. The number of piperidine rings is 1. The lowest BCUT2D eigenvalue weighted by Crippen LogP contribution is -2.35. The third-order valence-electron chi connectivity index (χ3n) is 4.69. The largest absolute Gasteiger partial charge is 0.494 e. The molecule has 1 heterocycles. The fourth-order valence-electron chi connectivity index (χ4n) is 3.21. The number of ether oxygens (including phenoxy) is 1. The van der Waals surface area contributed by atoms with Gasteiger partial charge in [-0.15, -0.1) is 0 Å². The van der Waals surface area contributed by atoms with E-state index in [9.17, 15) is 13.2 Å². The van der Waals surface area contributed by atoms with E-state index in [1.54, 1.807) is 48.5 Å². The van der Waals surface area contributed by atoms with Gasteiger partial charge in [0.15, 0.2) is 0 Å². The van der Waals surface area contributed by atoms with Crippen LogP contribution in [0.4, 0.5) is 11.4 Å². The second-order valence-corrected chi connectivity index (χ2v) is 8.79. The second kappa shape index (κ2) is 9.76. The van der Waals surface area contributed by atoms with E-state index < -0.39 is 10.0 Å². The summed E-state index contributed by atoms with van der Waals surface area (Å²) in [4.78, 5) is 12.4. The first-order chi connectivity index (χ1) is 14.0. The number of benzene rings is 2. The SMILES string of the molecule is CCOc1ccc(NC(=O)CNc2cccc(S(=O)(=O)N3CCCCC3)c2)cc1. The fourth-order valence-corrected chi connectivity index (χ4v) is 4.77. The van der Waals surface area contributed by atoms with Crippen molar-refractivity contribution < 1.29 is 17.9 Å². The van der Waals surface area contributed by atoms with E-state index in [1.807, 2.05) is 6.92 Å². The summed E-state index contributed by atoms with van der Waals surface area (Å²) in [5.41, 5.74) is 1.26. The van der Waals surface area contributed by atoms with Crippen LogP contribution in [0.15, 0.2) is 53.4 Å². The molecule has 1 aliphatic rings. The molecule has 0 atom stereocenters. The lowest BCUT2D eigenvalue weighted by Gasteiger charge is -2.26. The smallest absolute Gasteiger partial charge is 0.243 e. The van der Waals surface area contributed by atoms with Gasteiger partial charge in [0.05, 0.1) is 18.0 Å². The van der Waals surface area contributed by atoms with Crippen molar-refractivity contribution >= 4 is 27.3 Å². The van der Waals surface area contributed by atoms with E-state index in [-0.39, 0.29) is 17.3 Å². The van der Waals surface area contributed by atoms with Crippen molar-refractivity contribution in [2.45, 2.75) is 31.1 Å². The standard InChI is InChI=1S/C21H27N3O4S/c1-2-28-19-11-9-17(10-12-19)23-21(25)16-22-18-7-6-8-20(15-18)29(26,27)24-13-4-3-5-14-24/h6-12,15,22H,2-5,13-14,16H2,1H3,(H,23,25). The van der Waals surface area contributed by atoms with Crippen LogP contribution in [0.25, 0.3) is 0 Å². The fraction of sp³-hybridized carbons (Fsp3) is 0.381. The van der Waals surface area contributed by atoms with Gasteiger partial charge < -0.3 is 15.4 Å². The van der Waals surface area contributed by atoms with Gasteiger partial charge in [0.1, 0.15) is 5.75 Å². The van der Waals surface area contributed by atoms with Crippen molar-refractivity contribution in [2.75, 3.05) is 36.9 Å². The Morgan fingerprint density at radius 1 is 1.03 bits per heavy atom. The maximum Gasteiger partial charge on any atom is 0.243 e. The molecule has 1 saturated heterocycles. The zero-order valence-corrected chi connectivity index (χ0v) is 17.4. The minimum atomic E-state index is -3.50. The molecule has 0 unspecified atom stereocenters. The molecule has 7 nitrogen and oxygen atoms in total. The van der Waals surface area contributed by atoms with Crippen LogP contribution in [0.2, 0.25) is 0 Å². The average molecular weight is 418 g/mol.